The SMILES string of the molecule is CCN1/C(=C/C(C)=O)Sc2ccc(O)c(-c3ccc(Cl)cc3Cl)c21.CCN1/C(=C/C(C)=O)Sc2ccc3oc4cc(Cl)ccc4c3c21. The number of halogens is 3. The fourth-order valence-corrected chi connectivity index (χ4v) is 8.89. The van der Waals surface area contributed by atoms with Gasteiger partial charge in [-0.15, -0.1) is 0 Å². The Hall–Kier alpha value is -3.53. The summed E-state index contributed by atoms with van der Waals surface area (Å²) in [6.45, 7) is 8.65. The van der Waals surface area contributed by atoms with Crippen LogP contribution in [0.3, 0.4) is 0 Å². The molecule has 240 valence electrons. The molecule has 0 saturated heterocycles. The van der Waals surface area contributed by atoms with E-state index in [1.54, 1.807) is 55.1 Å². The quantitative estimate of drug-likeness (QED) is 0.180. The van der Waals surface area contributed by atoms with Gasteiger partial charge in [-0.1, -0.05) is 64.4 Å². The van der Waals surface area contributed by atoms with Crippen LogP contribution in [0.4, 0.5) is 11.4 Å². The van der Waals surface area contributed by atoms with E-state index in [2.05, 4.69) is 17.9 Å². The average molecular weight is 724 g/mol. The lowest BCUT2D eigenvalue weighted by Gasteiger charge is -2.22. The molecule has 1 aromatic heterocycles. The second kappa shape index (κ2) is 13.5. The Kier molecular flexibility index (Phi) is 9.61. The number of hydrogen-bond acceptors (Lipinski definition) is 8. The van der Waals surface area contributed by atoms with Crippen LogP contribution in [0, 0.1) is 0 Å². The molecule has 0 bridgehead atoms. The van der Waals surface area contributed by atoms with E-state index in [1.165, 1.54) is 18.7 Å². The number of furan rings is 1. The predicted molar refractivity (Wildman–Crippen MR) is 198 cm³/mol. The van der Waals surface area contributed by atoms with Crippen LogP contribution in [0.2, 0.25) is 15.1 Å². The number of thioether (sulfide) groups is 2. The molecule has 7 rings (SSSR count). The first-order chi connectivity index (χ1) is 22.5. The largest absolute Gasteiger partial charge is 0.507 e. The van der Waals surface area contributed by atoms with Gasteiger partial charge in [0.1, 0.15) is 16.9 Å². The molecule has 0 saturated carbocycles. The molecule has 1 N–H and O–H groups in total. The Bertz CT molecular complexity index is 2160. The summed E-state index contributed by atoms with van der Waals surface area (Å²) >= 11 is 21.6. The summed E-state index contributed by atoms with van der Waals surface area (Å²) in [5.41, 5.74) is 4.95. The van der Waals surface area contributed by atoms with Crippen molar-refractivity contribution < 1.29 is 19.1 Å². The van der Waals surface area contributed by atoms with Crippen LogP contribution in [0.1, 0.15) is 27.7 Å². The zero-order valence-electron chi connectivity index (χ0n) is 25.9. The van der Waals surface area contributed by atoms with Crippen LogP contribution in [0.5, 0.6) is 5.75 Å². The highest BCUT2D eigenvalue weighted by Crippen LogP contribution is 2.54. The van der Waals surface area contributed by atoms with Crippen molar-refractivity contribution in [2.24, 2.45) is 0 Å². The maximum atomic E-state index is 11.5. The normalized spacial score (nSPS) is 15.4. The van der Waals surface area contributed by atoms with Crippen LogP contribution >= 0.6 is 58.3 Å². The fraction of sp³-hybridized carbons (Fsp3) is 0.167. The average Bonchev–Trinajstić information content (AvgIpc) is 3.66. The van der Waals surface area contributed by atoms with Gasteiger partial charge >= 0.3 is 0 Å². The minimum Gasteiger partial charge on any atom is -0.507 e. The lowest BCUT2D eigenvalue weighted by molar-refractivity contribution is -0.113. The van der Waals surface area contributed by atoms with Gasteiger partial charge in [0.2, 0.25) is 0 Å². The van der Waals surface area contributed by atoms with Gasteiger partial charge in [-0.2, -0.15) is 0 Å². The number of phenols is 1. The lowest BCUT2D eigenvalue weighted by atomic mass is 10.0. The Labute approximate surface area is 295 Å². The number of ketones is 2. The molecule has 0 unspecified atom stereocenters. The van der Waals surface area contributed by atoms with E-state index < -0.39 is 0 Å². The van der Waals surface area contributed by atoms with Crippen LogP contribution in [0.25, 0.3) is 33.1 Å². The summed E-state index contributed by atoms with van der Waals surface area (Å²) in [6.07, 6.45) is 3.30. The number of carbonyl (C=O) groups is 2. The van der Waals surface area contributed by atoms with Gasteiger partial charge in [-0.25, -0.2) is 0 Å². The predicted octanol–water partition coefficient (Wildman–Crippen LogP) is 11.3. The second-order valence-electron chi connectivity index (χ2n) is 10.8. The summed E-state index contributed by atoms with van der Waals surface area (Å²) in [5, 5.41) is 16.1. The summed E-state index contributed by atoms with van der Waals surface area (Å²) in [5.74, 6) is 0.180. The number of aromatic hydroxyl groups is 1. The summed E-state index contributed by atoms with van der Waals surface area (Å²) < 4.78 is 5.96. The molecule has 0 fully saturated rings. The highest BCUT2D eigenvalue weighted by molar-refractivity contribution is 8.04. The topological polar surface area (TPSA) is 74.0 Å². The van der Waals surface area contributed by atoms with Crippen molar-refractivity contribution in [1.29, 1.82) is 0 Å². The number of fused-ring (bicyclic) bond motifs is 6. The van der Waals surface area contributed by atoms with Gasteiger partial charge in [-0.3, -0.25) is 9.59 Å². The van der Waals surface area contributed by atoms with Crippen molar-refractivity contribution in [1.82, 2.24) is 0 Å². The van der Waals surface area contributed by atoms with Crippen LogP contribution in [-0.4, -0.2) is 29.8 Å². The van der Waals surface area contributed by atoms with Crippen molar-refractivity contribution in [2.45, 2.75) is 37.5 Å². The monoisotopic (exact) mass is 722 g/mol. The van der Waals surface area contributed by atoms with E-state index in [0.29, 0.717) is 32.7 Å². The molecule has 2 aliphatic heterocycles. The van der Waals surface area contributed by atoms with E-state index >= 15 is 0 Å². The number of hydrogen-bond donors (Lipinski definition) is 1. The Morgan fingerprint density at radius 2 is 1.34 bits per heavy atom. The molecule has 4 aromatic carbocycles. The zero-order chi connectivity index (χ0) is 33.6. The Morgan fingerprint density at radius 1 is 0.766 bits per heavy atom. The van der Waals surface area contributed by atoms with Crippen molar-refractivity contribution in [2.75, 3.05) is 22.9 Å². The fourth-order valence-electron chi connectivity index (χ4n) is 5.77. The van der Waals surface area contributed by atoms with Gasteiger partial charge in [0.05, 0.1) is 31.8 Å². The maximum absolute atomic E-state index is 11.5. The van der Waals surface area contributed by atoms with Gasteiger partial charge in [-0.05, 0) is 76.2 Å². The van der Waals surface area contributed by atoms with Gasteiger partial charge < -0.3 is 19.3 Å². The van der Waals surface area contributed by atoms with Gasteiger partial charge in [0.25, 0.3) is 0 Å². The first-order valence-corrected chi connectivity index (χ1v) is 17.6. The van der Waals surface area contributed by atoms with Crippen molar-refractivity contribution >= 4 is 103 Å². The number of carbonyl (C=O) groups excluding carboxylic acids is 2. The van der Waals surface area contributed by atoms with Crippen LogP contribution in [0.15, 0.2) is 97.1 Å². The molecule has 0 aliphatic carbocycles. The number of phenolic OH excluding ortho intramolecular Hbond substituents is 1. The van der Waals surface area contributed by atoms with Crippen molar-refractivity contribution in [3.63, 3.8) is 0 Å². The molecule has 2 aliphatic rings. The summed E-state index contributed by atoms with van der Waals surface area (Å²) in [4.78, 5) is 29.4. The zero-order valence-corrected chi connectivity index (χ0v) is 29.8. The van der Waals surface area contributed by atoms with Crippen LogP contribution < -0.4 is 9.80 Å². The highest BCUT2D eigenvalue weighted by atomic mass is 35.5. The molecule has 0 radical (unpaired) electrons. The molecular weight excluding hydrogens is 695 g/mol. The van der Waals surface area contributed by atoms with E-state index in [1.807, 2.05) is 42.2 Å². The lowest BCUT2D eigenvalue weighted by Crippen LogP contribution is -2.18. The second-order valence-corrected chi connectivity index (χ2v) is 14.2. The van der Waals surface area contributed by atoms with Gasteiger partial charge in [0, 0.05) is 67.7 Å². The summed E-state index contributed by atoms with van der Waals surface area (Å²) in [7, 11) is 0. The number of allylic oxidation sites excluding steroid dienone is 2. The molecule has 47 heavy (non-hydrogen) atoms. The van der Waals surface area contributed by atoms with E-state index in [9.17, 15) is 14.7 Å². The van der Waals surface area contributed by atoms with E-state index in [-0.39, 0.29) is 17.3 Å². The van der Waals surface area contributed by atoms with Gasteiger partial charge in [0.15, 0.2) is 11.6 Å². The molecule has 11 heteroatoms. The van der Waals surface area contributed by atoms with Crippen LogP contribution in [-0.2, 0) is 9.59 Å². The third-order valence-corrected chi connectivity index (χ3v) is 10.6. The molecule has 0 atom stereocenters. The Morgan fingerprint density at radius 3 is 1.96 bits per heavy atom. The number of benzene rings is 4. The minimum atomic E-state index is -0.0148. The molecule has 3 heterocycles. The first kappa shape index (κ1) is 33.4. The third kappa shape index (κ3) is 6.37. The van der Waals surface area contributed by atoms with Crippen molar-refractivity contribution in [3.8, 4) is 16.9 Å². The smallest absolute Gasteiger partial charge is 0.155 e. The maximum Gasteiger partial charge on any atom is 0.155 e. The number of anilines is 2. The number of nitrogens with zero attached hydrogens (tertiary/aromatic N) is 2. The van der Waals surface area contributed by atoms with E-state index in [0.717, 1.165) is 59.7 Å². The van der Waals surface area contributed by atoms with Crippen molar-refractivity contribution in [3.05, 3.63) is 97.9 Å². The molecule has 0 spiro atoms. The standard InChI is InChI=1S/C18H15Cl2NO2S.C18H14ClNO2S/c1-3-21-16(8-10(2)22)24-15-7-6-14(23)17(18(15)21)12-5-4-11(19)9-13(12)20;1-3-20-16(8-10(2)21)23-15-7-6-13-17(18(15)20)12-5-4-11(19)9-14(12)22-13/h4-9,23H,3H2,1-2H3;4-9H,3H2,1-2H3/b2*16-8-. The highest BCUT2D eigenvalue weighted by Gasteiger charge is 2.31. The molecule has 6 nitrogen and oxygen atoms in total. The minimum absolute atomic E-state index is 0.0148. The number of rotatable bonds is 5. The molecule has 5 aromatic rings. The first-order valence-electron chi connectivity index (χ1n) is 14.8. The Balaban J connectivity index is 0.000000164. The van der Waals surface area contributed by atoms with E-state index in [4.69, 9.17) is 39.2 Å². The summed E-state index contributed by atoms with van der Waals surface area (Å²) in [6, 6.07) is 18.4. The molecule has 0 amide bonds. The molecular formula is C36H29Cl3N2O4S2. The third-order valence-electron chi connectivity index (χ3n) is 7.64.